The van der Waals surface area contributed by atoms with Crippen LogP contribution in [-0.2, 0) is 4.79 Å². The van der Waals surface area contributed by atoms with Crippen molar-refractivity contribution < 1.29 is 9.90 Å². The van der Waals surface area contributed by atoms with Gasteiger partial charge in [0.25, 0.3) is 0 Å². The first-order valence-electron chi connectivity index (χ1n) is 7.74. The molecule has 0 aliphatic heterocycles. The molecule has 4 rings (SSSR count). The summed E-state index contributed by atoms with van der Waals surface area (Å²) >= 11 is 0. The number of rotatable bonds is 4. The monoisotopic (exact) mass is 265 g/mol. The van der Waals surface area contributed by atoms with E-state index >= 15 is 0 Å². The van der Waals surface area contributed by atoms with Crippen LogP contribution in [0.1, 0.15) is 58.8 Å². The number of hydrogen-bond donors (Lipinski definition) is 2. The fraction of sp³-hybridized carbons (Fsp3) is 0.938. The fourth-order valence-corrected chi connectivity index (χ4v) is 6.48. The molecule has 4 saturated carbocycles. The van der Waals surface area contributed by atoms with E-state index in [9.17, 15) is 4.79 Å². The quantitative estimate of drug-likeness (QED) is 0.820. The molecule has 2 atom stereocenters. The summed E-state index contributed by atoms with van der Waals surface area (Å²) < 4.78 is 0. The predicted octanol–water partition coefficient (Wildman–Crippen LogP) is 2.48. The molecular weight excluding hydrogens is 238 g/mol. The minimum Gasteiger partial charge on any atom is -0.395 e. The van der Waals surface area contributed by atoms with E-state index in [1.807, 2.05) is 0 Å². The largest absolute Gasteiger partial charge is 0.395 e. The topological polar surface area (TPSA) is 49.3 Å². The van der Waals surface area contributed by atoms with Gasteiger partial charge in [-0.3, -0.25) is 4.79 Å². The third-order valence-corrected chi connectivity index (χ3v) is 5.71. The third kappa shape index (κ3) is 2.42. The van der Waals surface area contributed by atoms with E-state index in [2.05, 4.69) is 19.2 Å². The van der Waals surface area contributed by atoms with Crippen molar-refractivity contribution >= 4 is 5.91 Å². The Bertz CT molecular complexity index is 374. The van der Waals surface area contributed by atoms with Crippen molar-refractivity contribution in [3.8, 4) is 0 Å². The second-order valence-electron chi connectivity index (χ2n) is 8.38. The van der Waals surface area contributed by atoms with Gasteiger partial charge in [-0.1, -0.05) is 13.8 Å². The summed E-state index contributed by atoms with van der Waals surface area (Å²) in [6.45, 7) is 5.32. The van der Waals surface area contributed by atoms with Crippen molar-refractivity contribution in [2.24, 2.45) is 22.2 Å². The zero-order valence-corrected chi connectivity index (χ0v) is 12.3. The van der Waals surface area contributed by atoms with Gasteiger partial charge >= 0.3 is 0 Å². The number of carbonyl (C=O) groups excluding carboxylic acids is 1. The van der Waals surface area contributed by atoms with E-state index in [4.69, 9.17) is 5.11 Å². The lowest BCUT2D eigenvalue weighted by Crippen LogP contribution is -2.56. The molecule has 2 unspecified atom stereocenters. The zero-order valence-electron chi connectivity index (χ0n) is 12.3. The van der Waals surface area contributed by atoms with Crippen LogP contribution in [0.25, 0.3) is 0 Å². The Balaban J connectivity index is 1.75. The van der Waals surface area contributed by atoms with Crippen LogP contribution in [0.4, 0.5) is 0 Å². The van der Waals surface area contributed by atoms with Crippen LogP contribution in [0.2, 0.25) is 0 Å². The molecular formula is C16H27NO2. The van der Waals surface area contributed by atoms with Crippen molar-refractivity contribution in [1.29, 1.82) is 0 Å². The van der Waals surface area contributed by atoms with Gasteiger partial charge in [-0.25, -0.2) is 0 Å². The van der Waals surface area contributed by atoms with Gasteiger partial charge < -0.3 is 10.4 Å². The molecule has 1 amide bonds. The molecule has 4 aliphatic carbocycles. The third-order valence-electron chi connectivity index (χ3n) is 5.71. The van der Waals surface area contributed by atoms with Crippen LogP contribution in [0.15, 0.2) is 0 Å². The van der Waals surface area contributed by atoms with Gasteiger partial charge in [0, 0.05) is 13.0 Å². The first-order valence-corrected chi connectivity index (χ1v) is 7.74. The summed E-state index contributed by atoms with van der Waals surface area (Å²) in [5.41, 5.74) is 1.21. The molecule has 0 saturated heterocycles. The van der Waals surface area contributed by atoms with Crippen molar-refractivity contribution in [3.63, 3.8) is 0 Å². The molecule has 0 aromatic rings. The van der Waals surface area contributed by atoms with Gasteiger partial charge in [0.1, 0.15) is 0 Å². The fourth-order valence-electron chi connectivity index (χ4n) is 6.48. The van der Waals surface area contributed by atoms with Crippen molar-refractivity contribution in [3.05, 3.63) is 0 Å². The highest BCUT2D eigenvalue weighted by Crippen LogP contribution is 2.70. The summed E-state index contributed by atoms with van der Waals surface area (Å²) in [5, 5.41) is 11.7. The maximum atomic E-state index is 12.1. The molecule has 0 heterocycles. The standard InChI is InChI=1S/C16H27NO2/c1-14-5-12-6-15(2,9-14)11-16(7-12,10-14)8-13(19)17-3-4-18/h12,18H,3-11H2,1-2H3,(H,17,19). The highest BCUT2D eigenvalue weighted by molar-refractivity contribution is 5.76. The molecule has 4 bridgehead atoms. The van der Waals surface area contributed by atoms with Crippen molar-refractivity contribution in [1.82, 2.24) is 5.32 Å². The lowest BCUT2D eigenvalue weighted by molar-refractivity contribution is -0.156. The van der Waals surface area contributed by atoms with Crippen LogP contribution in [0.5, 0.6) is 0 Å². The molecule has 2 N–H and O–H groups in total. The van der Waals surface area contributed by atoms with E-state index in [0.29, 0.717) is 23.8 Å². The van der Waals surface area contributed by atoms with E-state index in [1.165, 1.54) is 38.5 Å². The van der Waals surface area contributed by atoms with E-state index < -0.39 is 0 Å². The van der Waals surface area contributed by atoms with Gasteiger partial charge in [-0.15, -0.1) is 0 Å². The number of hydrogen-bond acceptors (Lipinski definition) is 2. The van der Waals surface area contributed by atoms with Crippen LogP contribution < -0.4 is 5.32 Å². The SMILES string of the molecule is CC12CC3CC(C)(C1)CC(CC(=O)NCCO)(C3)C2. The summed E-state index contributed by atoms with van der Waals surface area (Å²) in [7, 11) is 0. The molecule has 3 nitrogen and oxygen atoms in total. The van der Waals surface area contributed by atoms with Gasteiger partial charge in [0.05, 0.1) is 6.61 Å². The van der Waals surface area contributed by atoms with Crippen LogP contribution in [-0.4, -0.2) is 24.2 Å². The van der Waals surface area contributed by atoms with Crippen LogP contribution in [0.3, 0.4) is 0 Å². The van der Waals surface area contributed by atoms with Crippen LogP contribution in [0, 0.1) is 22.2 Å². The first-order chi connectivity index (χ1) is 8.86. The minimum atomic E-state index is 0.0385. The molecule has 108 valence electrons. The highest BCUT2D eigenvalue weighted by atomic mass is 16.3. The summed E-state index contributed by atoms with van der Waals surface area (Å²) in [4.78, 5) is 12.1. The first kappa shape index (κ1) is 13.4. The molecule has 0 aromatic carbocycles. The van der Waals surface area contributed by atoms with Gasteiger partial charge in [-0.2, -0.15) is 0 Å². The smallest absolute Gasteiger partial charge is 0.220 e. The van der Waals surface area contributed by atoms with E-state index in [-0.39, 0.29) is 17.9 Å². The molecule has 0 spiro atoms. The Hall–Kier alpha value is -0.570. The molecule has 0 aromatic heterocycles. The molecule has 4 aliphatic rings. The number of aliphatic hydroxyl groups is 1. The second-order valence-corrected chi connectivity index (χ2v) is 8.38. The highest BCUT2D eigenvalue weighted by Gasteiger charge is 2.60. The Kier molecular flexibility index (Phi) is 2.97. The lowest BCUT2D eigenvalue weighted by atomic mass is 9.40. The van der Waals surface area contributed by atoms with Crippen LogP contribution >= 0.6 is 0 Å². The van der Waals surface area contributed by atoms with Crippen molar-refractivity contribution in [2.45, 2.75) is 58.8 Å². The molecule has 3 heteroatoms. The Morgan fingerprint density at radius 2 is 1.79 bits per heavy atom. The summed E-state index contributed by atoms with van der Waals surface area (Å²) in [6, 6.07) is 0. The Labute approximate surface area is 116 Å². The average Bonchev–Trinajstić information content (AvgIpc) is 2.20. The van der Waals surface area contributed by atoms with Gasteiger partial charge in [0.2, 0.25) is 5.91 Å². The van der Waals surface area contributed by atoms with E-state index in [1.54, 1.807) is 0 Å². The van der Waals surface area contributed by atoms with E-state index in [0.717, 1.165) is 5.92 Å². The maximum Gasteiger partial charge on any atom is 0.220 e. The summed E-state index contributed by atoms with van der Waals surface area (Å²) in [5.74, 6) is 0.986. The van der Waals surface area contributed by atoms with Gasteiger partial charge in [-0.05, 0) is 60.7 Å². The molecule has 4 fully saturated rings. The number of aliphatic hydroxyl groups excluding tert-OH is 1. The molecule has 0 radical (unpaired) electrons. The number of nitrogens with one attached hydrogen (secondary N) is 1. The maximum absolute atomic E-state index is 12.1. The zero-order chi connectivity index (χ0) is 13.7. The summed E-state index contributed by atoms with van der Waals surface area (Å²) in [6.07, 6.45) is 8.51. The number of amides is 1. The molecule has 19 heavy (non-hydrogen) atoms. The Morgan fingerprint density at radius 3 is 2.32 bits per heavy atom. The lowest BCUT2D eigenvalue weighted by Gasteiger charge is -2.65. The van der Waals surface area contributed by atoms with Gasteiger partial charge in [0.15, 0.2) is 0 Å². The average molecular weight is 265 g/mol. The Morgan fingerprint density at radius 1 is 1.16 bits per heavy atom. The normalized spacial score (nSPS) is 47.4. The van der Waals surface area contributed by atoms with Crippen molar-refractivity contribution in [2.75, 3.05) is 13.2 Å². The predicted molar refractivity (Wildman–Crippen MR) is 74.6 cm³/mol. The minimum absolute atomic E-state index is 0.0385. The second kappa shape index (κ2) is 4.21. The number of carbonyl (C=O) groups is 1.